The van der Waals surface area contributed by atoms with Gasteiger partial charge in [-0.05, 0) is 19.5 Å². The summed E-state index contributed by atoms with van der Waals surface area (Å²) in [5, 5.41) is 8.75. The Kier molecular flexibility index (Phi) is 7.24. The molecule has 0 radical (unpaired) electrons. The molecule has 2 nitrogen and oxygen atoms in total. The normalized spacial score (nSPS) is 9.00. The van der Waals surface area contributed by atoms with Gasteiger partial charge in [-0.1, -0.05) is 6.20 Å². The molecular weight excluding hydrogens is 196 g/mol. The number of halogens is 1. The van der Waals surface area contributed by atoms with Crippen molar-refractivity contribution in [2.24, 2.45) is 0 Å². The van der Waals surface area contributed by atoms with Gasteiger partial charge >= 0.3 is 23.1 Å². The van der Waals surface area contributed by atoms with Crippen molar-refractivity contribution in [2.45, 2.75) is 19.3 Å². The minimum Gasteiger partial charge on any atom is -1.00 e. The molecule has 0 atom stereocenters. The molecule has 1 heterocycles. The van der Waals surface area contributed by atoms with Gasteiger partial charge in [0.15, 0.2) is 0 Å². The maximum Gasteiger partial charge on any atom is 2.00 e. The van der Waals surface area contributed by atoms with E-state index < -0.39 is 5.41 Å². The Labute approximate surface area is 101 Å². The van der Waals surface area contributed by atoms with Crippen LogP contribution in [0.25, 0.3) is 0 Å². The van der Waals surface area contributed by atoms with E-state index in [1.807, 2.05) is 19.9 Å². The predicted octanol–water partition coefficient (Wildman–Crippen LogP) is -1.69. The van der Waals surface area contributed by atoms with Gasteiger partial charge in [0.05, 0.1) is 11.5 Å². The summed E-state index contributed by atoms with van der Waals surface area (Å²) in [6.07, 6.45) is 1.58. The van der Waals surface area contributed by atoms with Crippen LogP contribution in [0.2, 0.25) is 0 Å². The van der Waals surface area contributed by atoms with E-state index in [0.717, 1.165) is 5.69 Å². The fourth-order valence-electron chi connectivity index (χ4n) is 0.747. The quantitative estimate of drug-likeness (QED) is 0.405. The van der Waals surface area contributed by atoms with Gasteiger partial charge in [0, 0.05) is 0 Å². The fourth-order valence-corrected chi connectivity index (χ4v) is 0.747. The minimum absolute atomic E-state index is 0. The molecule has 0 aliphatic carbocycles. The van der Waals surface area contributed by atoms with E-state index in [2.05, 4.69) is 17.1 Å². The zero-order valence-corrected chi connectivity index (χ0v) is 9.88. The third-order valence-corrected chi connectivity index (χ3v) is 1.54. The molecule has 1 aromatic rings. The van der Waals surface area contributed by atoms with Crippen molar-refractivity contribution in [1.29, 1.82) is 5.26 Å². The number of aromatic nitrogens is 1. The van der Waals surface area contributed by atoms with E-state index in [-0.39, 0.29) is 35.5 Å². The van der Waals surface area contributed by atoms with Gasteiger partial charge in [-0.3, -0.25) is 4.98 Å². The number of hydrogen-bond acceptors (Lipinski definition) is 2. The molecule has 13 heavy (non-hydrogen) atoms. The number of hydrogen-bond donors (Lipinski definition) is 0. The molecule has 1 rings (SSSR count). The van der Waals surface area contributed by atoms with Crippen LogP contribution in [-0.4, -0.2) is 28.0 Å². The molecule has 0 bridgehead atoms. The summed E-state index contributed by atoms with van der Waals surface area (Å²) in [7, 11) is 0. The number of nitriles is 1. The van der Waals surface area contributed by atoms with Crippen molar-refractivity contribution in [1.82, 2.24) is 4.98 Å². The standard InChI is InChI=1S/C9H9N2.ClH.Mg/c1-9(2,7-10)8-5-3-4-6-11-8;;/h3,5-6H,1-2H3;1H;/q-1;;+2/p-1. The summed E-state index contributed by atoms with van der Waals surface area (Å²) >= 11 is 0. The molecule has 0 fully saturated rings. The molecule has 0 saturated heterocycles. The Morgan fingerprint density at radius 1 is 1.54 bits per heavy atom. The van der Waals surface area contributed by atoms with Crippen LogP contribution in [0.4, 0.5) is 0 Å². The molecule has 4 heteroatoms. The number of pyridine rings is 1. The van der Waals surface area contributed by atoms with Gasteiger partial charge in [0.2, 0.25) is 0 Å². The largest absolute Gasteiger partial charge is 2.00 e. The Balaban J connectivity index is 0. The van der Waals surface area contributed by atoms with Crippen molar-refractivity contribution in [3.05, 3.63) is 30.1 Å². The molecule has 0 aliphatic heterocycles. The SMILES string of the molecule is CC(C)(C#N)c1cc[c-]cn1.[Cl-].[Mg+2]. The predicted molar refractivity (Wildman–Crippen MR) is 47.5 cm³/mol. The third-order valence-electron chi connectivity index (χ3n) is 1.54. The average molecular weight is 205 g/mol. The van der Waals surface area contributed by atoms with Gasteiger partial charge in [0.1, 0.15) is 0 Å². The van der Waals surface area contributed by atoms with E-state index >= 15 is 0 Å². The molecule has 0 aromatic carbocycles. The smallest absolute Gasteiger partial charge is 1.00 e. The molecule has 0 amide bonds. The molecule has 0 saturated carbocycles. The molecule has 0 N–H and O–H groups in total. The maximum absolute atomic E-state index is 8.75. The van der Waals surface area contributed by atoms with E-state index in [1.165, 1.54) is 0 Å². The molecule has 1 aromatic heterocycles. The topological polar surface area (TPSA) is 36.7 Å². The Bertz CT molecular complexity index is 279. The third kappa shape index (κ3) is 3.94. The summed E-state index contributed by atoms with van der Waals surface area (Å²) in [6.45, 7) is 3.69. The van der Waals surface area contributed by atoms with Crippen molar-refractivity contribution in [3.8, 4) is 6.07 Å². The molecule has 64 valence electrons. The monoisotopic (exact) mass is 204 g/mol. The summed E-state index contributed by atoms with van der Waals surface area (Å²) in [5.41, 5.74) is 0.300. The maximum atomic E-state index is 8.75. The van der Waals surface area contributed by atoms with Crippen LogP contribution in [0.15, 0.2) is 18.3 Å². The molecule has 0 spiro atoms. The first-order valence-electron chi connectivity index (χ1n) is 3.40. The van der Waals surface area contributed by atoms with Crippen molar-refractivity contribution >= 4 is 23.1 Å². The van der Waals surface area contributed by atoms with Gasteiger partial charge in [-0.2, -0.15) is 11.3 Å². The van der Waals surface area contributed by atoms with Crippen LogP contribution >= 0.6 is 0 Å². The summed E-state index contributed by atoms with van der Waals surface area (Å²) in [4.78, 5) is 4.04. The van der Waals surface area contributed by atoms with E-state index in [1.54, 1.807) is 12.3 Å². The van der Waals surface area contributed by atoms with Gasteiger partial charge < -0.3 is 12.4 Å². The summed E-state index contributed by atoms with van der Waals surface area (Å²) in [6, 6.07) is 8.56. The first-order chi connectivity index (χ1) is 5.17. The van der Waals surface area contributed by atoms with E-state index in [9.17, 15) is 0 Å². The van der Waals surface area contributed by atoms with Crippen LogP contribution in [0.5, 0.6) is 0 Å². The Morgan fingerprint density at radius 2 is 2.15 bits per heavy atom. The summed E-state index contributed by atoms with van der Waals surface area (Å²) < 4.78 is 0. The number of nitrogens with zero attached hydrogens (tertiary/aromatic N) is 2. The fraction of sp³-hybridized carbons (Fsp3) is 0.333. The first kappa shape index (κ1) is 15.2. The molecular formula is C9H9ClMgN2. The van der Waals surface area contributed by atoms with Gasteiger partial charge in [-0.15, -0.1) is 0 Å². The van der Waals surface area contributed by atoms with Crippen LogP contribution in [0.3, 0.4) is 0 Å². The second-order valence-electron chi connectivity index (χ2n) is 2.88. The zero-order chi connectivity index (χ0) is 8.32. The van der Waals surface area contributed by atoms with Crippen molar-refractivity contribution in [3.63, 3.8) is 0 Å². The van der Waals surface area contributed by atoms with Crippen molar-refractivity contribution < 1.29 is 12.4 Å². The van der Waals surface area contributed by atoms with Crippen LogP contribution < -0.4 is 12.4 Å². The second-order valence-corrected chi connectivity index (χ2v) is 2.88. The first-order valence-corrected chi connectivity index (χ1v) is 3.40. The molecule has 0 aliphatic rings. The van der Waals surface area contributed by atoms with Crippen LogP contribution in [0.1, 0.15) is 19.5 Å². The minimum atomic E-state index is -0.491. The van der Waals surface area contributed by atoms with E-state index in [4.69, 9.17) is 5.26 Å². The second kappa shape index (κ2) is 6.20. The van der Waals surface area contributed by atoms with Gasteiger partial charge in [-0.25, -0.2) is 12.1 Å². The number of rotatable bonds is 1. The van der Waals surface area contributed by atoms with Crippen LogP contribution in [0, 0.1) is 17.4 Å². The summed E-state index contributed by atoms with van der Waals surface area (Å²) in [5.74, 6) is 0. The van der Waals surface area contributed by atoms with E-state index in [0.29, 0.717) is 0 Å². The Morgan fingerprint density at radius 3 is 2.54 bits per heavy atom. The molecule has 0 unspecified atom stereocenters. The van der Waals surface area contributed by atoms with Gasteiger partial charge in [0.25, 0.3) is 0 Å². The van der Waals surface area contributed by atoms with Crippen LogP contribution in [-0.2, 0) is 5.41 Å². The average Bonchev–Trinajstić information content (AvgIpc) is 2.06. The zero-order valence-electron chi connectivity index (χ0n) is 7.71. The van der Waals surface area contributed by atoms with Crippen molar-refractivity contribution in [2.75, 3.05) is 0 Å². The Hall–Kier alpha value is -0.304.